The van der Waals surface area contributed by atoms with Gasteiger partial charge in [-0.1, -0.05) is 37.3 Å². The van der Waals surface area contributed by atoms with Crippen LogP contribution < -0.4 is 5.32 Å². The Bertz CT molecular complexity index is 416. The summed E-state index contributed by atoms with van der Waals surface area (Å²) < 4.78 is 0. The van der Waals surface area contributed by atoms with E-state index in [2.05, 4.69) is 17.1 Å². The predicted molar refractivity (Wildman–Crippen MR) is 79.2 cm³/mol. The predicted octanol–water partition coefficient (Wildman–Crippen LogP) is 1.57. The van der Waals surface area contributed by atoms with E-state index < -0.39 is 6.10 Å². The molecule has 0 bridgehead atoms. The highest BCUT2D eigenvalue weighted by molar-refractivity contribution is 5.81. The second kappa shape index (κ2) is 7.41. The maximum Gasteiger partial charge on any atom is 0.253 e. The second-order valence-electron chi connectivity index (χ2n) is 5.67. The Kier molecular flexibility index (Phi) is 5.56. The molecular weight excluding hydrogens is 252 g/mol. The zero-order valence-corrected chi connectivity index (χ0v) is 12.1. The van der Waals surface area contributed by atoms with Crippen LogP contribution in [0.3, 0.4) is 0 Å². The summed E-state index contributed by atoms with van der Waals surface area (Å²) in [6.45, 7) is 6.10. The Hall–Kier alpha value is -1.39. The highest BCUT2D eigenvalue weighted by Gasteiger charge is 2.19. The van der Waals surface area contributed by atoms with E-state index in [-0.39, 0.29) is 5.91 Å². The molecule has 2 atom stereocenters. The van der Waals surface area contributed by atoms with Gasteiger partial charge >= 0.3 is 0 Å². The van der Waals surface area contributed by atoms with Crippen molar-refractivity contribution in [1.82, 2.24) is 10.2 Å². The van der Waals surface area contributed by atoms with Crippen molar-refractivity contribution in [3.63, 3.8) is 0 Å². The molecule has 1 heterocycles. The van der Waals surface area contributed by atoms with Crippen molar-refractivity contribution in [1.29, 1.82) is 0 Å². The van der Waals surface area contributed by atoms with Gasteiger partial charge in [0.15, 0.2) is 6.10 Å². The van der Waals surface area contributed by atoms with Gasteiger partial charge in [0.25, 0.3) is 5.91 Å². The first-order valence-corrected chi connectivity index (χ1v) is 7.40. The molecule has 1 saturated heterocycles. The first kappa shape index (κ1) is 15.0. The van der Waals surface area contributed by atoms with E-state index in [4.69, 9.17) is 0 Å². The molecule has 1 aliphatic heterocycles. The molecule has 0 radical (unpaired) electrons. The summed E-state index contributed by atoms with van der Waals surface area (Å²) in [5, 5.41) is 12.8. The molecule has 0 aliphatic carbocycles. The number of aliphatic hydroxyl groups is 1. The number of amides is 1. The molecule has 1 aromatic carbocycles. The molecule has 2 rings (SSSR count). The molecule has 2 N–H and O–H groups in total. The van der Waals surface area contributed by atoms with Gasteiger partial charge < -0.3 is 15.3 Å². The van der Waals surface area contributed by atoms with E-state index in [1.54, 1.807) is 12.1 Å². The number of nitrogens with zero attached hydrogens (tertiary/aromatic N) is 1. The molecule has 1 amide bonds. The van der Waals surface area contributed by atoms with Gasteiger partial charge in [-0.25, -0.2) is 0 Å². The number of benzene rings is 1. The summed E-state index contributed by atoms with van der Waals surface area (Å²) in [7, 11) is 0. The molecule has 2 unspecified atom stereocenters. The first-order chi connectivity index (χ1) is 9.66. The molecule has 4 heteroatoms. The molecule has 4 nitrogen and oxygen atoms in total. The Morgan fingerprint density at radius 2 is 1.95 bits per heavy atom. The number of carbonyl (C=O) groups is 1. The standard InChI is InChI=1S/C16H24N2O2/c1-13(12-18-9-5-6-10-18)11-17-16(20)15(19)14-7-3-2-4-8-14/h2-4,7-8,13,15,19H,5-6,9-12H2,1H3,(H,17,20). The minimum atomic E-state index is -1.07. The van der Waals surface area contributed by atoms with Crippen LogP contribution in [-0.4, -0.2) is 42.1 Å². The summed E-state index contributed by atoms with van der Waals surface area (Å²) in [5.74, 6) is 0.0875. The number of likely N-dealkylation sites (tertiary alicyclic amines) is 1. The molecule has 0 aromatic heterocycles. The molecule has 0 saturated carbocycles. The Morgan fingerprint density at radius 1 is 1.30 bits per heavy atom. The third-order valence-corrected chi connectivity index (χ3v) is 3.76. The lowest BCUT2D eigenvalue weighted by Gasteiger charge is -2.21. The smallest absolute Gasteiger partial charge is 0.253 e. The van der Waals surface area contributed by atoms with Crippen molar-refractivity contribution in [3.05, 3.63) is 35.9 Å². The average Bonchev–Trinajstić information content (AvgIpc) is 2.97. The van der Waals surface area contributed by atoms with Crippen LogP contribution in [0.25, 0.3) is 0 Å². The van der Waals surface area contributed by atoms with Crippen LogP contribution in [0, 0.1) is 5.92 Å². The maximum atomic E-state index is 11.9. The fourth-order valence-electron chi connectivity index (χ4n) is 2.63. The van der Waals surface area contributed by atoms with Crippen LogP contribution in [0.2, 0.25) is 0 Å². The molecule has 1 aliphatic rings. The number of carbonyl (C=O) groups excluding carboxylic acids is 1. The fraction of sp³-hybridized carbons (Fsp3) is 0.562. The molecule has 0 spiro atoms. The zero-order chi connectivity index (χ0) is 14.4. The maximum absolute atomic E-state index is 11.9. The third-order valence-electron chi connectivity index (χ3n) is 3.76. The normalized spacial score (nSPS) is 18.7. The van der Waals surface area contributed by atoms with Crippen molar-refractivity contribution in [2.45, 2.75) is 25.9 Å². The monoisotopic (exact) mass is 276 g/mol. The number of nitrogens with one attached hydrogen (secondary N) is 1. The highest BCUT2D eigenvalue weighted by Crippen LogP contribution is 2.13. The average molecular weight is 276 g/mol. The van der Waals surface area contributed by atoms with Crippen molar-refractivity contribution < 1.29 is 9.90 Å². The van der Waals surface area contributed by atoms with E-state index >= 15 is 0 Å². The lowest BCUT2D eigenvalue weighted by Crippen LogP contribution is -2.36. The molecule has 110 valence electrons. The van der Waals surface area contributed by atoms with E-state index in [1.807, 2.05) is 18.2 Å². The van der Waals surface area contributed by atoms with Gasteiger partial charge in [-0.15, -0.1) is 0 Å². The van der Waals surface area contributed by atoms with Gasteiger partial charge in [0.05, 0.1) is 0 Å². The molecule has 1 aromatic rings. The van der Waals surface area contributed by atoms with Crippen molar-refractivity contribution >= 4 is 5.91 Å². The first-order valence-electron chi connectivity index (χ1n) is 7.40. The van der Waals surface area contributed by atoms with Crippen molar-refractivity contribution in [2.75, 3.05) is 26.2 Å². The third kappa shape index (κ3) is 4.32. The minimum Gasteiger partial charge on any atom is -0.378 e. The highest BCUT2D eigenvalue weighted by atomic mass is 16.3. The van der Waals surface area contributed by atoms with E-state index in [9.17, 15) is 9.90 Å². The van der Waals surface area contributed by atoms with Gasteiger partial charge in [0.2, 0.25) is 0 Å². The van der Waals surface area contributed by atoms with E-state index in [1.165, 1.54) is 25.9 Å². The summed E-state index contributed by atoms with van der Waals surface area (Å²) in [6, 6.07) is 9.03. The number of hydrogen-bond donors (Lipinski definition) is 2. The minimum absolute atomic E-state index is 0.315. The Morgan fingerprint density at radius 3 is 2.60 bits per heavy atom. The van der Waals surface area contributed by atoms with Gasteiger partial charge in [0, 0.05) is 13.1 Å². The van der Waals surface area contributed by atoms with Crippen LogP contribution in [0.5, 0.6) is 0 Å². The Labute approximate surface area is 120 Å². The van der Waals surface area contributed by atoms with E-state index in [0.29, 0.717) is 18.0 Å². The number of hydrogen-bond acceptors (Lipinski definition) is 3. The largest absolute Gasteiger partial charge is 0.378 e. The van der Waals surface area contributed by atoms with E-state index in [0.717, 1.165) is 6.54 Å². The fourth-order valence-corrected chi connectivity index (χ4v) is 2.63. The van der Waals surface area contributed by atoms with Crippen LogP contribution >= 0.6 is 0 Å². The molecular formula is C16H24N2O2. The summed E-state index contributed by atoms with van der Waals surface area (Å²) in [4.78, 5) is 14.3. The molecule has 20 heavy (non-hydrogen) atoms. The molecule has 1 fully saturated rings. The van der Waals surface area contributed by atoms with Crippen LogP contribution in [0.1, 0.15) is 31.4 Å². The van der Waals surface area contributed by atoms with Gasteiger partial charge in [0.1, 0.15) is 0 Å². The lowest BCUT2D eigenvalue weighted by molar-refractivity contribution is -0.129. The second-order valence-corrected chi connectivity index (χ2v) is 5.67. The van der Waals surface area contributed by atoms with Crippen molar-refractivity contribution in [3.8, 4) is 0 Å². The van der Waals surface area contributed by atoms with Gasteiger partial charge in [-0.05, 0) is 37.4 Å². The van der Waals surface area contributed by atoms with Crippen LogP contribution in [0.15, 0.2) is 30.3 Å². The summed E-state index contributed by atoms with van der Waals surface area (Å²) in [5.41, 5.74) is 0.636. The Balaban J connectivity index is 1.74. The van der Waals surface area contributed by atoms with Gasteiger partial charge in [-0.3, -0.25) is 4.79 Å². The van der Waals surface area contributed by atoms with Gasteiger partial charge in [-0.2, -0.15) is 0 Å². The number of aliphatic hydroxyl groups excluding tert-OH is 1. The summed E-state index contributed by atoms with van der Waals surface area (Å²) in [6.07, 6.45) is 1.49. The SMILES string of the molecule is CC(CNC(=O)C(O)c1ccccc1)CN1CCCC1. The number of rotatable bonds is 6. The van der Waals surface area contributed by atoms with Crippen molar-refractivity contribution in [2.24, 2.45) is 5.92 Å². The summed E-state index contributed by atoms with van der Waals surface area (Å²) >= 11 is 0. The quantitative estimate of drug-likeness (QED) is 0.829. The topological polar surface area (TPSA) is 52.6 Å². The lowest BCUT2D eigenvalue weighted by atomic mass is 10.1. The van der Waals surface area contributed by atoms with Crippen LogP contribution in [-0.2, 0) is 4.79 Å². The zero-order valence-electron chi connectivity index (χ0n) is 12.1. The van der Waals surface area contributed by atoms with Crippen LogP contribution in [0.4, 0.5) is 0 Å².